The minimum Gasteiger partial charge on any atom is -0.378 e. The van der Waals surface area contributed by atoms with Crippen LogP contribution in [0.5, 0.6) is 0 Å². The highest BCUT2D eigenvalue weighted by Gasteiger charge is 2.29. The van der Waals surface area contributed by atoms with Crippen LogP contribution in [0.2, 0.25) is 0 Å². The van der Waals surface area contributed by atoms with E-state index >= 15 is 0 Å². The Labute approximate surface area is 183 Å². The van der Waals surface area contributed by atoms with Crippen molar-refractivity contribution in [3.63, 3.8) is 0 Å². The molecule has 0 spiro atoms. The first-order chi connectivity index (χ1) is 14.9. The number of amides is 1. The summed E-state index contributed by atoms with van der Waals surface area (Å²) in [6.45, 7) is 3.75. The summed E-state index contributed by atoms with van der Waals surface area (Å²) in [4.78, 5) is 21.7. The summed E-state index contributed by atoms with van der Waals surface area (Å²) in [6.07, 6.45) is 7.21. The van der Waals surface area contributed by atoms with Gasteiger partial charge in [0.05, 0.1) is 30.0 Å². The standard InChI is InChI=1S/C21H29N5O4S/c1-23(2)31(28,29)18-3-4-20(24-11-13-30-14-12-24)19(15-18)21(27)25-8-5-17(6-9-25)26-10-7-22-16-26/h3-4,7,10,15-17H,5-6,8-9,11-14H2,1-2H3. The van der Waals surface area contributed by atoms with Gasteiger partial charge in [0.25, 0.3) is 5.91 Å². The minimum absolute atomic E-state index is 0.124. The molecule has 4 rings (SSSR count). The van der Waals surface area contributed by atoms with E-state index in [0.717, 1.165) is 18.5 Å². The molecule has 2 aliphatic rings. The average molecular weight is 448 g/mol. The molecule has 2 aliphatic heterocycles. The molecule has 9 nitrogen and oxygen atoms in total. The first-order valence-electron chi connectivity index (χ1n) is 10.5. The summed E-state index contributed by atoms with van der Waals surface area (Å²) in [6, 6.07) is 5.20. The molecule has 0 unspecified atom stereocenters. The maximum absolute atomic E-state index is 13.5. The number of aromatic nitrogens is 2. The normalized spacial score (nSPS) is 18.5. The topological polar surface area (TPSA) is 88.0 Å². The third kappa shape index (κ3) is 4.46. The number of morpholine rings is 1. The van der Waals surface area contributed by atoms with Gasteiger partial charge in [-0.25, -0.2) is 17.7 Å². The number of carbonyl (C=O) groups is 1. The fourth-order valence-corrected chi connectivity index (χ4v) is 5.09. The molecule has 0 saturated carbocycles. The van der Waals surface area contributed by atoms with Crippen LogP contribution >= 0.6 is 0 Å². The van der Waals surface area contributed by atoms with Crippen LogP contribution in [0.4, 0.5) is 5.69 Å². The van der Waals surface area contributed by atoms with Crippen LogP contribution in [0.25, 0.3) is 0 Å². The highest BCUT2D eigenvalue weighted by molar-refractivity contribution is 7.89. The highest BCUT2D eigenvalue weighted by Crippen LogP contribution is 2.30. The van der Waals surface area contributed by atoms with Gasteiger partial charge in [-0.15, -0.1) is 0 Å². The van der Waals surface area contributed by atoms with Gasteiger partial charge in [0.15, 0.2) is 0 Å². The molecule has 2 fully saturated rings. The van der Waals surface area contributed by atoms with Crippen LogP contribution in [0.3, 0.4) is 0 Å². The number of anilines is 1. The molecule has 0 bridgehead atoms. The number of benzene rings is 1. The van der Waals surface area contributed by atoms with Crippen molar-refractivity contribution in [2.24, 2.45) is 0 Å². The number of likely N-dealkylation sites (tertiary alicyclic amines) is 1. The van der Waals surface area contributed by atoms with Gasteiger partial charge in [-0.05, 0) is 31.0 Å². The molecule has 2 aromatic rings. The number of piperidine rings is 1. The second-order valence-corrected chi connectivity index (χ2v) is 10.3. The Balaban J connectivity index is 1.62. The van der Waals surface area contributed by atoms with Crippen molar-refractivity contribution in [1.29, 1.82) is 0 Å². The van der Waals surface area contributed by atoms with Gasteiger partial charge < -0.3 is 19.1 Å². The lowest BCUT2D eigenvalue weighted by atomic mass is 10.0. The zero-order valence-corrected chi connectivity index (χ0v) is 18.8. The molecule has 10 heteroatoms. The van der Waals surface area contributed by atoms with E-state index in [4.69, 9.17) is 4.74 Å². The molecule has 31 heavy (non-hydrogen) atoms. The Hall–Kier alpha value is -2.43. The van der Waals surface area contributed by atoms with E-state index in [0.29, 0.717) is 51.0 Å². The van der Waals surface area contributed by atoms with Crippen molar-refractivity contribution < 1.29 is 17.9 Å². The largest absolute Gasteiger partial charge is 0.378 e. The first-order valence-corrected chi connectivity index (χ1v) is 12.0. The maximum atomic E-state index is 13.5. The van der Waals surface area contributed by atoms with Gasteiger partial charge in [-0.1, -0.05) is 0 Å². The van der Waals surface area contributed by atoms with E-state index in [-0.39, 0.29) is 10.8 Å². The second-order valence-electron chi connectivity index (χ2n) is 8.10. The molecule has 0 atom stereocenters. The van der Waals surface area contributed by atoms with Crippen molar-refractivity contribution in [2.45, 2.75) is 23.8 Å². The van der Waals surface area contributed by atoms with Crippen LogP contribution < -0.4 is 4.90 Å². The van der Waals surface area contributed by atoms with Gasteiger partial charge in [-0.2, -0.15) is 0 Å². The minimum atomic E-state index is -3.64. The van der Waals surface area contributed by atoms with Crippen molar-refractivity contribution in [1.82, 2.24) is 18.8 Å². The third-order valence-electron chi connectivity index (χ3n) is 6.03. The molecule has 1 aromatic heterocycles. The second kappa shape index (κ2) is 8.97. The lowest BCUT2D eigenvalue weighted by Crippen LogP contribution is -2.41. The highest BCUT2D eigenvalue weighted by atomic mass is 32.2. The number of carbonyl (C=O) groups excluding carboxylic acids is 1. The number of imidazole rings is 1. The Morgan fingerprint density at radius 3 is 2.45 bits per heavy atom. The Morgan fingerprint density at radius 2 is 1.84 bits per heavy atom. The molecular formula is C21H29N5O4S. The van der Waals surface area contributed by atoms with E-state index in [1.807, 2.05) is 17.4 Å². The van der Waals surface area contributed by atoms with Gasteiger partial charge in [0, 0.05) is 64.4 Å². The van der Waals surface area contributed by atoms with Crippen molar-refractivity contribution >= 4 is 21.6 Å². The monoisotopic (exact) mass is 447 g/mol. The van der Waals surface area contributed by atoms with Gasteiger partial charge >= 0.3 is 0 Å². The zero-order chi connectivity index (χ0) is 22.0. The average Bonchev–Trinajstić information content (AvgIpc) is 3.34. The summed E-state index contributed by atoms with van der Waals surface area (Å²) in [5.41, 5.74) is 1.20. The van der Waals surface area contributed by atoms with Crippen LogP contribution in [-0.4, -0.2) is 86.6 Å². The third-order valence-corrected chi connectivity index (χ3v) is 7.84. The molecule has 0 N–H and O–H groups in total. The summed E-state index contributed by atoms with van der Waals surface area (Å²) in [5.74, 6) is -0.124. The predicted octanol–water partition coefficient (Wildman–Crippen LogP) is 1.45. The molecule has 3 heterocycles. The van der Waals surface area contributed by atoms with E-state index in [9.17, 15) is 13.2 Å². The van der Waals surface area contributed by atoms with Crippen LogP contribution in [0.15, 0.2) is 41.8 Å². The van der Waals surface area contributed by atoms with E-state index in [2.05, 4.69) is 14.5 Å². The van der Waals surface area contributed by atoms with Gasteiger partial charge in [0.2, 0.25) is 10.0 Å². The van der Waals surface area contributed by atoms with E-state index in [1.54, 1.807) is 18.3 Å². The lowest BCUT2D eigenvalue weighted by Gasteiger charge is -2.35. The Morgan fingerprint density at radius 1 is 1.13 bits per heavy atom. The van der Waals surface area contributed by atoms with Gasteiger partial charge in [0.1, 0.15) is 0 Å². The molecular weight excluding hydrogens is 418 g/mol. The first kappa shape index (κ1) is 21.8. The maximum Gasteiger partial charge on any atom is 0.256 e. The molecule has 2 saturated heterocycles. The molecule has 1 aromatic carbocycles. The summed E-state index contributed by atoms with van der Waals surface area (Å²) in [7, 11) is -0.653. The molecule has 168 valence electrons. The fourth-order valence-electron chi connectivity index (χ4n) is 4.16. The van der Waals surface area contributed by atoms with Crippen molar-refractivity contribution in [2.75, 3.05) is 58.4 Å². The summed E-state index contributed by atoms with van der Waals surface area (Å²) < 4.78 is 34.1. The van der Waals surface area contributed by atoms with Crippen molar-refractivity contribution in [3.05, 3.63) is 42.5 Å². The zero-order valence-electron chi connectivity index (χ0n) is 18.0. The number of hydrogen-bond acceptors (Lipinski definition) is 6. The fraction of sp³-hybridized carbons (Fsp3) is 0.524. The van der Waals surface area contributed by atoms with Crippen LogP contribution in [0.1, 0.15) is 29.2 Å². The quantitative estimate of drug-likeness (QED) is 0.689. The van der Waals surface area contributed by atoms with E-state index in [1.165, 1.54) is 24.5 Å². The summed E-state index contributed by atoms with van der Waals surface area (Å²) >= 11 is 0. The number of sulfonamides is 1. The Bertz CT molecular complexity index is 1010. The Kier molecular flexibility index (Phi) is 6.31. The van der Waals surface area contributed by atoms with Crippen LogP contribution in [0, 0.1) is 0 Å². The number of ether oxygens (including phenoxy) is 1. The summed E-state index contributed by atoms with van der Waals surface area (Å²) in [5, 5.41) is 0. The van der Waals surface area contributed by atoms with Crippen LogP contribution in [-0.2, 0) is 14.8 Å². The number of nitrogens with zero attached hydrogens (tertiary/aromatic N) is 5. The smallest absolute Gasteiger partial charge is 0.256 e. The molecule has 0 radical (unpaired) electrons. The SMILES string of the molecule is CN(C)S(=O)(=O)c1ccc(N2CCOCC2)c(C(=O)N2CCC(n3ccnc3)CC2)c1. The van der Waals surface area contributed by atoms with Gasteiger partial charge in [-0.3, -0.25) is 4.79 Å². The predicted molar refractivity (Wildman–Crippen MR) is 117 cm³/mol. The van der Waals surface area contributed by atoms with E-state index < -0.39 is 10.0 Å². The van der Waals surface area contributed by atoms with Crippen molar-refractivity contribution in [3.8, 4) is 0 Å². The number of rotatable bonds is 5. The molecule has 1 amide bonds. The number of hydrogen-bond donors (Lipinski definition) is 0. The lowest BCUT2D eigenvalue weighted by molar-refractivity contribution is 0.0694. The molecule has 0 aliphatic carbocycles.